The molecule has 0 spiro atoms. The van der Waals surface area contributed by atoms with Gasteiger partial charge in [0.25, 0.3) is 0 Å². The number of rotatable bonds is 2. The van der Waals surface area contributed by atoms with Crippen LogP contribution in [0.5, 0.6) is 11.5 Å². The molecule has 0 saturated carbocycles. The zero-order valence-electron chi connectivity index (χ0n) is 11.1. The van der Waals surface area contributed by atoms with Crippen molar-refractivity contribution in [2.75, 3.05) is 25.1 Å². The number of benzene rings is 1. The average Bonchev–Trinajstić information content (AvgIpc) is 2.49. The maximum Gasteiger partial charge on any atom is 0.241 e. The van der Waals surface area contributed by atoms with Crippen molar-refractivity contribution < 1.29 is 14.3 Å². The molecule has 0 aliphatic carbocycles. The lowest BCUT2D eigenvalue weighted by molar-refractivity contribution is -0.118. The van der Waals surface area contributed by atoms with Crippen molar-refractivity contribution in [2.24, 2.45) is 0 Å². The Kier molecular flexibility index (Phi) is 4.12. The van der Waals surface area contributed by atoms with Crippen molar-refractivity contribution in [3.05, 3.63) is 16.6 Å². The summed E-state index contributed by atoms with van der Waals surface area (Å²) in [5, 5.41) is 6.18. The highest BCUT2D eigenvalue weighted by Crippen LogP contribution is 2.38. The van der Waals surface area contributed by atoms with Gasteiger partial charge >= 0.3 is 0 Å². The second-order valence-corrected chi connectivity index (χ2v) is 5.82. The summed E-state index contributed by atoms with van der Waals surface area (Å²) in [7, 11) is 0. The van der Waals surface area contributed by atoms with Gasteiger partial charge in [-0.25, -0.2) is 0 Å². The van der Waals surface area contributed by atoms with E-state index in [9.17, 15) is 4.79 Å². The van der Waals surface area contributed by atoms with Crippen LogP contribution in [0.15, 0.2) is 16.6 Å². The first-order valence-corrected chi connectivity index (χ1v) is 7.67. The number of hydrogen-bond donors (Lipinski definition) is 2. The molecule has 6 heteroatoms. The molecule has 0 radical (unpaired) electrons. The van der Waals surface area contributed by atoms with E-state index in [1.54, 1.807) is 6.07 Å². The Hall–Kier alpha value is -1.27. The van der Waals surface area contributed by atoms with Gasteiger partial charge in [-0.05, 0) is 35.3 Å². The zero-order valence-corrected chi connectivity index (χ0v) is 12.7. The van der Waals surface area contributed by atoms with Crippen LogP contribution in [0.4, 0.5) is 5.69 Å². The summed E-state index contributed by atoms with van der Waals surface area (Å²) in [6.07, 6.45) is 3.11. The number of piperidine rings is 1. The van der Waals surface area contributed by atoms with Crippen LogP contribution in [-0.4, -0.2) is 31.7 Å². The van der Waals surface area contributed by atoms with Crippen molar-refractivity contribution in [1.82, 2.24) is 5.32 Å². The van der Waals surface area contributed by atoms with Crippen molar-refractivity contribution in [3.8, 4) is 11.5 Å². The monoisotopic (exact) mass is 340 g/mol. The quantitative estimate of drug-likeness (QED) is 0.867. The molecule has 1 fully saturated rings. The van der Waals surface area contributed by atoms with Crippen LogP contribution < -0.4 is 20.1 Å². The van der Waals surface area contributed by atoms with Crippen LogP contribution in [0, 0.1) is 0 Å². The van der Waals surface area contributed by atoms with Crippen LogP contribution >= 0.6 is 15.9 Å². The van der Waals surface area contributed by atoms with Crippen molar-refractivity contribution >= 4 is 27.5 Å². The summed E-state index contributed by atoms with van der Waals surface area (Å²) in [4.78, 5) is 12.2. The van der Waals surface area contributed by atoms with E-state index in [2.05, 4.69) is 26.6 Å². The van der Waals surface area contributed by atoms with Gasteiger partial charge in [0.15, 0.2) is 11.5 Å². The van der Waals surface area contributed by atoms with E-state index in [4.69, 9.17) is 9.47 Å². The molecule has 2 heterocycles. The van der Waals surface area contributed by atoms with E-state index in [0.717, 1.165) is 30.3 Å². The van der Waals surface area contributed by atoms with Crippen LogP contribution in [0.3, 0.4) is 0 Å². The molecular weight excluding hydrogens is 324 g/mol. The first-order chi connectivity index (χ1) is 9.74. The number of nitrogens with one attached hydrogen (secondary N) is 2. The number of carbonyl (C=O) groups excluding carboxylic acids is 1. The third-order valence-corrected chi connectivity index (χ3v) is 4.17. The molecule has 5 nitrogen and oxygen atoms in total. The fourth-order valence-corrected chi connectivity index (χ4v) is 2.88. The van der Waals surface area contributed by atoms with Gasteiger partial charge in [-0.15, -0.1) is 0 Å². The molecule has 3 rings (SSSR count). The van der Waals surface area contributed by atoms with Gasteiger partial charge in [0.1, 0.15) is 13.2 Å². The lowest BCUT2D eigenvalue weighted by Gasteiger charge is -2.24. The van der Waals surface area contributed by atoms with Gasteiger partial charge in [0.05, 0.1) is 11.7 Å². The molecule has 1 amide bonds. The highest BCUT2D eigenvalue weighted by atomic mass is 79.9. The van der Waals surface area contributed by atoms with Gasteiger partial charge < -0.3 is 20.1 Å². The minimum Gasteiger partial charge on any atom is -0.486 e. The molecule has 0 unspecified atom stereocenters. The third kappa shape index (κ3) is 2.91. The fourth-order valence-electron chi connectivity index (χ4n) is 2.46. The lowest BCUT2D eigenvalue weighted by atomic mass is 10.0. The normalized spacial score (nSPS) is 21.4. The third-order valence-electron chi connectivity index (χ3n) is 3.52. The van der Waals surface area contributed by atoms with Gasteiger partial charge in [-0.1, -0.05) is 6.42 Å². The van der Waals surface area contributed by atoms with Crippen molar-refractivity contribution in [1.29, 1.82) is 0 Å². The molecule has 2 aliphatic heterocycles. The summed E-state index contributed by atoms with van der Waals surface area (Å²) < 4.78 is 11.8. The summed E-state index contributed by atoms with van der Waals surface area (Å²) in [5.74, 6) is 1.38. The summed E-state index contributed by atoms with van der Waals surface area (Å²) in [5.41, 5.74) is 0.714. The Morgan fingerprint density at radius 1 is 1.25 bits per heavy atom. The second-order valence-electron chi connectivity index (χ2n) is 4.97. The van der Waals surface area contributed by atoms with E-state index in [1.807, 2.05) is 6.07 Å². The maximum absolute atomic E-state index is 12.2. The summed E-state index contributed by atoms with van der Waals surface area (Å²) >= 11 is 3.46. The molecule has 1 aromatic rings. The zero-order chi connectivity index (χ0) is 13.9. The molecule has 108 valence electrons. The molecule has 2 aliphatic rings. The van der Waals surface area contributed by atoms with E-state index in [0.29, 0.717) is 30.4 Å². The van der Waals surface area contributed by atoms with E-state index in [-0.39, 0.29) is 11.9 Å². The predicted octanol–water partition coefficient (Wildman–Crippen LogP) is 2.30. The summed E-state index contributed by atoms with van der Waals surface area (Å²) in [6.45, 7) is 1.99. The Bertz CT molecular complexity index is 515. The van der Waals surface area contributed by atoms with Crippen LogP contribution in [0.25, 0.3) is 0 Å². The molecule has 0 aromatic heterocycles. The summed E-state index contributed by atoms with van der Waals surface area (Å²) in [6, 6.07) is 3.53. The molecule has 0 bridgehead atoms. The van der Waals surface area contributed by atoms with Gasteiger partial charge in [0.2, 0.25) is 5.91 Å². The first-order valence-electron chi connectivity index (χ1n) is 6.87. The molecule has 1 aromatic carbocycles. The highest BCUT2D eigenvalue weighted by molar-refractivity contribution is 9.10. The number of ether oxygens (including phenoxy) is 2. The second kappa shape index (κ2) is 6.01. The van der Waals surface area contributed by atoms with Gasteiger partial charge in [-0.2, -0.15) is 0 Å². The van der Waals surface area contributed by atoms with Crippen LogP contribution in [0.1, 0.15) is 19.3 Å². The first kappa shape index (κ1) is 13.7. The minimum absolute atomic E-state index is 0.00192. The number of halogens is 1. The van der Waals surface area contributed by atoms with Crippen molar-refractivity contribution in [2.45, 2.75) is 25.3 Å². The Labute approximate surface area is 126 Å². The molecule has 1 atom stereocenters. The van der Waals surface area contributed by atoms with Crippen LogP contribution in [0.2, 0.25) is 0 Å². The SMILES string of the molecule is O=C(Nc1cc2c(cc1Br)OCCO2)[C@@H]1CCCCN1. The number of anilines is 1. The maximum atomic E-state index is 12.2. The Morgan fingerprint density at radius 2 is 2.00 bits per heavy atom. The molecule has 20 heavy (non-hydrogen) atoms. The lowest BCUT2D eigenvalue weighted by Crippen LogP contribution is -2.43. The van der Waals surface area contributed by atoms with E-state index < -0.39 is 0 Å². The minimum atomic E-state index is -0.108. The molecule has 2 N–H and O–H groups in total. The molecular formula is C14H17BrN2O3. The fraction of sp³-hybridized carbons (Fsp3) is 0.500. The number of amides is 1. The number of hydrogen-bond acceptors (Lipinski definition) is 4. The number of carbonyl (C=O) groups is 1. The highest BCUT2D eigenvalue weighted by Gasteiger charge is 2.22. The average molecular weight is 341 g/mol. The largest absolute Gasteiger partial charge is 0.486 e. The predicted molar refractivity (Wildman–Crippen MR) is 79.4 cm³/mol. The standard InChI is InChI=1S/C14H17BrN2O3/c15-9-7-12-13(20-6-5-19-12)8-11(9)17-14(18)10-3-1-2-4-16-10/h7-8,10,16H,1-6H2,(H,17,18)/t10-/m0/s1. The molecule has 1 saturated heterocycles. The Morgan fingerprint density at radius 3 is 2.70 bits per heavy atom. The van der Waals surface area contributed by atoms with Crippen LogP contribution in [-0.2, 0) is 4.79 Å². The van der Waals surface area contributed by atoms with Gasteiger partial charge in [0, 0.05) is 16.6 Å². The van der Waals surface area contributed by atoms with E-state index >= 15 is 0 Å². The topological polar surface area (TPSA) is 59.6 Å². The van der Waals surface area contributed by atoms with Crippen molar-refractivity contribution in [3.63, 3.8) is 0 Å². The number of fused-ring (bicyclic) bond motifs is 1. The van der Waals surface area contributed by atoms with Gasteiger partial charge in [-0.3, -0.25) is 4.79 Å². The van der Waals surface area contributed by atoms with E-state index in [1.165, 1.54) is 0 Å². The Balaban J connectivity index is 1.74. The smallest absolute Gasteiger partial charge is 0.241 e.